The number of imide groups is 1. The number of carbonyl (C=O) groups excluding carboxylic acids is 4. The molecule has 0 spiro atoms. The van der Waals surface area contributed by atoms with Gasteiger partial charge in [0.1, 0.15) is 5.75 Å². The molecular formula is C26H23BrClNO5. The number of Topliss-reactive ketones (excluding diaryl/α,β-unsaturated/α-hetero) is 1. The minimum Gasteiger partial charge on any atom is -0.508 e. The van der Waals surface area contributed by atoms with Gasteiger partial charge in [0, 0.05) is 33.7 Å². The summed E-state index contributed by atoms with van der Waals surface area (Å²) >= 11 is 9.74. The number of carbonyl (C=O) groups is 4. The summed E-state index contributed by atoms with van der Waals surface area (Å²) in [6.07, 6.45) is 3.82. The number of phenolic OH excluding ortho intramolecular Hbond substituents is 1. The highest BCUT2D eigenvalue weighted by atomic mass is 79.9. The second-order valence-corrected chi connectivity index (χ2v) is 11.5. The molecule has 1 aromatic rings. The number of hydrogen-bond donors (Lipinski definition) is 1. The van der Waals surface area contributed by atoms with Crippen molar-refractivity contribution >= 4 is 50.9 Å². The van der Waals surface area contributed by atoms with Gasteiger partial charge in [-0.25, -0.2) is 0 Å². The number of hydrogen-bond acceptors (Lipinski definition) is 5. The Balaban J connectivity index is 1.70. The molecular weight excluding hydrogens is 522 g/mol. The van der Waals surface area contributed by atoms with Crippen molar-refractivity contribution in [2.45, 2.75) is 45.1 Å². The zero-order chi connectivity index (χ0) is 24.7. The fraction of sp³-hybridized carbons (Fsp3) is 0.385. The van der Waals surface area contributed by atoms with E-state index in [0.29, 0.717) is 23.1 Å². The Labute approximate surface area is 210 Å². The molecule has 3 aliphatic carbocycles. The van der Waals surface area contributed by atoms with Crippen LogP contribution in [0.15, 0.2) is 51.6 Å². The first-order chi connectivity index (χ1) is 15.9. The van der Waals surface area contributed by atoms with Crippen LogP contribution in [0.3, 0.4) is 0 Å². The van der Waals surface area contributed by atoms with Crippen LogP contribution in [0.2, 0.25) is 5.02 Å². The maximum atomic E-state index is 13.6. The molecule has 1 aromatic carbocycles. The van der Waals surface area contributed by atoms with Crippen molar-refractivity contribution in [2.75, 3.05) is 0 Å². The molecule has 176 valence electrons. The van der Waals surface area contributed by atoms with Gasteiger partial charge in [-0.2, -0.15) is 0 Å². The van der Waals surface area contributed by atoms with Gasteiger partial charge in [0.25, 0.3) is 0 Å². The fourth-order valence-electron chi connectivity index (χ4n) is 5.97. The van der Waals surface area contributed by atoms with Gasteiger partial charge in [-0.3, -0.25) is 24.1 Å². The molecule has 4 atom stereocenters. The monoisotopic (exact) mass is 543 g/mol. The van der Waals surface area contributed by atoms with Crippen LogP contribution in [0.5, 0.6) is 5.75 Å². The third kappa shape index (κ3) is 3.28. The molecule has 1 saturated heterocycles. The number of benzene rings is 1. The predicted octanol–water partition coefficient (Wildman–Crippen LogP) is 4.61. The lowest BCUT2D eigenvalue weighted by Crippen LogP contribution is -2.46. The number of fused-ring (bicyclic) bond motifs is 3. The van der Waals surface area contributed by atoms with Gasteiger partial charge in [-0.15, -0.1) is 0 Å². The summed E-state index contributed by atoms with van der Waals surface area (Å²) in [7, 11) is 0. The number of allylic oxidation sites excluding steroid dienone is 6. The van der Waals surface area contributed by atoms with Gasteiger partial charge in [0.15, 0.2) is 11.6 Å². The van der Waals surface area contributed by atoms with E-state index in [0.717, 1.165) is 5.57 Å². The molecule has 0 unspecified atom stereocenters. The zero-order valence-corrected chi connectivity index (χ0v) is 21.2. The first-order valence-electron chi connectivity index (χ1n) is 11.2. The lowest BCUT2D eigenvalue weighted by molar-refractivity contribution is -0.145. The van der Waals surface area contributed by atoms with Gasteiger partial charge in [-0.1, -0.05) is 29.3 Å². The Kier molecular flexibility index (Phi) is 5.30. The maximum absolute atomic E-state index is 13.6. The van der Waals surface area contributed by atoms with E-state index in [1.54, 1.807) is 6.07 Å². The van der Waals surface area contributed by atoms with Crippen molar-refractivity contribution in [2.24, 2.45) is 17.8 Å². The van der Waals surface area contributed by atoms with Crippen LogP contribution in [0, 0.1) is 17.8 Å². The van der Waals surface area contributed by atoms with Crippen molar-refractivity contribution in [1.82, 2.24) is 4.90 Å². The number of amides is 2. The summed E-state index contributed by atoms with van der Waals surface area (Å²) in [5.41, 5.74) is 1.46. The van der Waals surface area contributed by atoms with Crippen LogP contribution < -0.4 is 0 Å². The normalized spacial score (nSPS) is 29.0. The quantitative estimate of drug-likeness (QED) is 0.317. The summed E-state index contributed by atoms with van der Waals surface area (Å²) < 4.78 is 0.178. The van der Waals surface area contributed by atoms with E-state index in [9.17, 15) is 24.3 Å². The molecule has 0 bridgehead atoms. The number of rotatable bonds is 1. The Morgan fingerprint density at radius 2 is 1.79 bits per heavy atom. The number of phenols is 1. The molecule has 8 heteroatoms. The average Bonchev–Trinajstić information content (AvgIpc) is 3.01. The topological polar surface area (TPSA) is 91.8 Å². The second-order valence-electron chi connectivity index (χ2n) is 10.3. The van der Waals surface area contributed by atoms with Gasteiger partial charge in [-0.05, 0) is 73.2 Å². The molecule has 2 amide bonds. The number of ketones is 2. The Hall–Kier alpha value is -2.51. The number of halogens is 2. The van der Waals surface area contributed by atoms with Crippen molar-refractivity contribution in [3.05, 3.63) is 62.1 Å². The molecule has 0 aromatic heterocycles. The highest BCUT2D eigenvalue weighted by Crippen LogP contribution is 2.56. The number of aromatic hydroxyl groups is 1. The van der Waals surface area contributed by atoms with Crippen LogP contribution in [0.25, 0.3) is 0 Å². The summed E-state index contributed by atoms with van der Waals surface area (Å²) in [5.74, 6) is -3.17. The van der Waals surface area contributed by atoms with Crippen molar-refractivity contribution in [1.29, 1.82) is 0 Å². The summed E-state index contributed by atoms with van der Waals surface area (Å²) in [6, 6.07) is 4.54. The zero-order valence-electron chi connectivity index (χ0n) is 18.9. The summed E-state index contributed by atoms with van der Waals surface area (Å²) in [6.45, 7) is 5.50. The van der Waals surface area contributed by atoms with Crippen LogP contribution >= 0.6 is 27.5 Å². The molecule has 4 aliphatic rings. The van der Waals surface area contributed by atoms with Gasteiger partial charge < -0.3 is 5.11 Å². The summed E-state index contributed by atoms with van der Waals surface area (Å²) in [5, 5.41) is 10.1. The van der Waals surface area contributed by atoms with E-state index in [-0.39, 0.29) is 45.1 Å². The molecule has 1 heterocycles. The SMILES string of the molecule is CC(C)(C)N1C(=O)[C@H]2[C@H](CC=C3[C@H](c4ccc(O)cc4Cl)C4=C(C[C@H]32)C(=O)C(Br)=CC4=O)C1=O. The van der Waals surface area contributed by atoms with E-state index < -0.39 is 29.2 Å². The van der Waals surface area contributed by atoms with E-state index in [1.165, 1.54) is 23.1 Å². The van der Waals surface area contributed by atoms with E-state index in [1.807, 2.05) is 26.8 Å². The minimum atomic E-state index is -0.660. The smallest absolute Gasteiger partial charge is 0.234 e. The predicted molar refractivity (Wildman–Crippen MR) is 129 cm³/mol. The Bertz CT molecular complexity index is 1280. The van der Waals surface area contributed by atoms with Crippen molar-refractivity contribution in [3.8, 4) is 5.75 Å². The van der Waals surface area contributed by atoms with Crippen molar-refractivity contribution < 1.29 is 24.3 Å². The Morgan fingerprint density at radius 3 is 2.44 bits per heavy atom. The lowest BCUT2D eigenvalue weighted by atomic mass is 9.59. The van der Waals surface area contributed by atoms with Crippen molar-refractivity contribution in [3.63, 3.8) is 0 Å². The van der Waals surface area contributed by atoms with Crippen LogP contribution in [-0.2, 0) is 19.2 Å². The number of likely N-dealkylation sites (tertiary alicyclic amines) is 1. The highest BCUT2D eigenvalue weighted by molar-refractivity contribution is 9.12. The number of nitrogens with zero attached hydrogens (tertiary/aromatic N) is 1. The second kappa shape index (κ2) is 7.75. The highest BCUT2D eigenvalue weighted by Gasteiger charge is 2.58. The molecule has 1 N–H and O–H groups in total. The largest absolute Gasteiger partial charge is 0.508 e. The first kappa shape index (κ1) is 23.2. The van der Waals surface area contributed by atoms with Crippen LogP contribution in [0.1, 0.15) is 45.1 Å². The average molecular weight is 545 g/mol. The van der Waals surface area contributed by atoms with Gasteiger partial charge in [0.2, 0.25) is 11.8 Å². The molecule has 34 heavy (non-hydrogen) atoms. The van der Waals surface area contributed by atoms with Crippen LogP contribution in [0.4, 0.5) is 0 Å². The maximum Gasteiger partial charge on any atom is 0.234 e. The molecule has 0 saturated carbocycles. The molecule has 0 radical (unpaired) electrons. The standard InChI is InChI=1S/C26H23BrClNO5/c1-26(2,3)29-24(33)14-7-6-12-15(21(14)25(29)34)9-16-22(19(31)10-17(27)23(16)32)20(12)13-5-4-11(30)8-18(13)28/h4-6,8,10,14-15,20-21,30H,7,9H2,1-3H3/t14-,15+,20+,21-/m0/s1. The molecule has 1 aliphatic heterocycles. The third-order valence-corrected chi connectivity index (χ3v) is 8.21. The molecule has 5 rings (SSSR count). The fourth-order valence-corrected chi connectivity index (χ4v) is 6.70. The first-order valence-corrected chi connectivity index (χ1v) is 12.3. The minimum absolute atomic E-state index is 0.0147. The van der Waals surface area contributed by atoms with E-state index in [4.69, 9.17) is 11.6 Å². The molecule has 6 nitrogen and oxygen atoms in total. The van der Waals surface area contributed by atoms with E-state index in [2.05, 4.69) is 15.9 Å². The lowest BCUT2D eigenvalue weighted by Gasteiger charge is -2.42. The molecule has 1 fully saturated rings. The third-order valence-electron chi connectivity index (χ3n) is 7.30. The summed E-state index contributed by atoms with van der Waals surface area (Å²) in [4.78, 5) is 54.6. The Morgan fingerprint density at radius 1 is 1.09 bits per heavy atom. The van der Waals surface area contributed by atoms with Gasteiger partial charge in [0.05, 0.1) is 16.3 Å². The van der Waals surface area contributed by atoms with Gasteiger partial charge >= 0.3 is 0 Å². The van der Waals surface area contributed by atoms with E-state index >= 15 is 0 Å². The van der Waals surface area contributed by atoms with Crippen LogP contribution in [-0.4, -0.2) is 38.9 Å².